The van der Waals surface area contributed by atoms with E-state index in [1.165, 1.54) is 0 Å². The molecule has 1 fully saturated rings. The molecule has 0 saturated heterocycles. The zero-order chi connectivity index (χ0) is 18.8. The quantitative estimate of drug-likeness (QED) is 0.539. The highest BCUT2D eigenvalue weighted by Crippen LogP contribution is 2.64. The van der Waals surface area contributed by atoms with Crippen LogP contribution in [0, 0.1) is 5.41 Å². The third-order valence-corrected chi connectivity index (χ3v) is 6.13. The van der Waals surface area contributed by atoms with Crippen LogP contribution in [0.2, 0.25) is 0 Å². The molecule has 1 aliphatic rings. The summed E-state index contributed by atoms with van der Waals surface area (Å²) in [6, 6.07) is 7.27. The number of rotatable bonds is 7. The summed E-state index contributed by atoms with van der Waals surface area (Å²) >= 11 is 0. The van der Waals surface area contributed by atoms with Crippen LogP contribution in [-0.2, 0) is 35.3 Å². The maximum absolute atomic E-state index is 12.6. The molecule has 0 aromatic heterocycles. The summed E-state index contributed by atoms with van der Waals surface area (Å²) < 4.78 is 34.7. The molecule has 0 unspecified atom stereocenters. The van der Waals surface area contributed by atoms with E-state index in [-0.39, 0.29) is 13.2 Å². The van der Waals surface area contributed by atoms with Crippen LogP contribution in [0.5, 0.6) is 0 Å². The van der Waals surface area contributed by atoms with Gasteiger partial charge < -0.3 is 9.47 Å². The summed E-state index contributed by atoms with van der Waals surface area (Å²) in [5.74, 6) is -2.48. The fraction of sp³-hybridized carbons (Fsp3) is 0.556. The first kappa shape index (κ1) is 19.4. The van der Waals surface area contributed by atoms with Gasteiger partial charge in [-0.25, -0.2) is 8.42 Å². The lowest BCUT2D eigenvalue weighted by Gasteiger charge is -2.15. The zero-order valence-corrected chi connectivity index (χ0v) is 15.8. The van der Waals surface area contributed by atoms with Gasteiger partial charge >= 0.3 is 11.9 Å². The van der Waals surface area contributed by atoms with Crippen molar-refractivity contribution in [2.75, 3.05) is 19.5 Å². The van der Waals surface area contributed by atoms with Crippen LogP contribution in [0.15, 0.2) is 24.3 Å². The number of hydrogen-bond donors (Lipinski definition) is 0. The molecular formula is C18H24O6S. The molecule has 0 heterocycles. The van der Waals surface area contributed by atoms with E-state index >= 15 is 0 Å². The van der Waals surface area contributed by atoms with Crippen molar-refractivity contribution >= 4 is 21.8 Å². The first-order valence-corrected chi connectivity index (χ1v) is 10.3. The van der Waals surface area contributed by atoms with Gasteiger partial charge in [0.15, 0.2) is 15.3 Å². The maximum Gasteiger partial charge on any atom is 0.325 e. The zero-order valence-electron chi connectivity index (χ0n) is 14.9. The van der Waals surface area contributed by atoms with Crippen molar-refractivity contribution in [2.45, 2.75) is 38.4 Å². The third-order valence-electron chi connectivity index (χ3n) is 4.57. The number of sulfone groups is 1. The van der Waals surface area contributed by atoms with E-state index in [9.17, 15) is 18.0 Å². The lowest BCUT2D eigenvalue weighted by Crippen LogP contribution is -2.35. The third kappa shape index (κ3) is 3.29. The Morgan fingerprint density at radius 1 is 1.00 bits per heavy atom. The minimum absolute atomic E-state index is 0.0535. The summed E-state index contributed by atoms with van der Waals surface area (Å²) in [5.41, 5.74) is -0.125. The van der Waals surface area contributed by atoms with Crippen LogP contribution >= 0.6 is 0 Å². The van der Waals surface area contributed by atoms with Gasteiger partial charge in [0.05, 0.1) is 18.5 Å². The Labute approximate surface area is 148 Å². The van der Waals surface area contributed by atoms with E-state index in [0.717, 1.165) is 18.2 Å². The van der Waals surface area contributed by atoms with Crippen molar-refractivity contribution in [1.82, 2.24) is 0 Å². The number of carbonyl (C=O) groups is 2. The molecule has 1 aliphatic carbocycles. The molecule has 2 atom stereocenters. The van der Waals surface area contributed by atoms with Gasteiger partial charge in [-0.1, -0.05) is 31.2 Å². The van der Waals surface area contributed by atoms with Crippen molar-refractivity contribution in [3.05, 3.63) is 35.4 Å². The van der Waals surface area contributed by atoms with Crippen LogP contribution < -0.4 is 0 Å². The standard InChI is InChI=1S/C18H24O6S/c1-5-12-8-10-13(11-9-12)14-15(25(4,21)22)18(14,16(19)23-6-2)17(20)24-7-3/h8-11,14-15H,5-7H2,1-4H3/t14-,15-/m1/s1. The van der Waals surface area contributed by atoms with E-state index in [4.69, 9.17) is 9.47 Å². The highest BCUT2D eigenvalue weighted by Gasteiger charge is 2.80. The molecule has 0 amide bonds. The van der Waals surface area contributed by atoms with Crippen LogP contribution in [0.25, 0.3) is 0 Å². The fourth-order valence-electron chi connectivity index (χ4n) is 3.41. The summed E-state index contributed by atoms with van der Waals surface area (Å²) in [5, 5.41) is -1.18. The highest BCUT2D eigenvalue weighted by atomic mass is 32.2. The Balaban J connectivity index is 2.56. The van der Waals surface area contributed by atoms with E-state index in [1.807, 2.05) is 19.1 Å². The first-order chi connectivity index (χ1) is 11.7. The monoisotopic (exact) mass is 368 g/mol. The van der Waals surface area contributed by atoms with Gasteiger partial charge in [-0.15, -0.1) is 0 Å². The number of ether oxygens (including phenoxy) is 2. The summed E-state index contributed by atoms with van der Waals surface area (Å²) in [6.45, 7) is 5.34. The SMILES string of the molecule is CCOC(=O)C1(C(=O)OCC)[C@H](c2ccc(CC)cc2)[C@H]1S(C)(=O)=O. The van der Waals surface area contributed by atoms with Gasteiger partial charge in [-0.3, -0.25) is 9.59 Å². The van der Waals surface area contributed by atoms with Crippen molar-refractivity contribution in [3.63, 3.8) is 0 Å². The number of aryl methyl sites for hydroxylation is 1. The van der Waals surface area contributed by atoms with E-state index < -0.39 is 38.4 Å². The van der Waals surface area contributed by atoms with Crippen molar-refractivity contribution < 1.29 is 27.5 Å². The summed E-state index contributed by atoms with van der Waals surface area (Å²) in [7, 11) is -3.68. The molecule has 1 aromatic carbocycles. The minimum Gasteiger partial charge on any atom is -0.465 e. The summed E-state index contributed by atoms with van der Waals surface area (Å²) in [6.07, 6.45) is 1.87. The van der Waals surface area contributed by atoms with Crippen molar-refractivity contribution in [2.24, 2.45) is 5.41 Å². The number of carbonyl (C=O) groups excluding carboxylic acids is 2. The van der Waals surface area contributed by atoms with Gasteiger partial charge in [0, 0.05) is 12.2 Å². The van der Waals surface area contributed by atoms with Gasteiger partial charge in [-0.2, -0.15) is 0 Å². The first-order valence-electron chi connectivity index (χ1n) is 8.37. The van der Waals surface area contributed by atoms with Crippen molar-refractivity contribution in [1.29, 1.82) is 0 Å². The Kier molecular flexibility index (Phi) is 5.56. The second kappa shape index (κ2) is 7.15. The van der Waals surface area contributed by atoms with E-state index in [2.05, 4.69) is 0 Å². The second-order valence-electron chi connectivity index (χ2n) is 6.13. The fourth-order valence-corrected chi connectivity index (χ4v) is 5.21. The molecule has 2 rings (SSSR count). The van der Waals surface area contributed by atoms with Crippen LogP contribution in [0.1, 0.15) is 37.8 Å². The summed E-state index contributed by atoms with van der Waals surface area (Å²) in [4.78, 5) is 25.2. The topological polar surface area (TPSA) is 86.7 Å². The average molecular weight is 368 g/mol. The highest BCUT2D eigenvalue weighted by molar-refractivity contribution is 7.91. The van der Waals surface area contributed by atoms with E-state index in [1.54, 1.807) is 26.0 Å². The largest absolute Gasteiger partial charge is 0.465 e. The number of hydrogen-bond acceptors (Lipinski definition) is 6. The predicted molar refractivity (Wildman–Crippen MR) is 92.9 cm³/mol. The molecule has 0 spiro atoms. The van der Waals surface area contributed by atoms with Gasteiger partial charge in [-0.05, 0) is 31.4 Å². The molecule has 0 aliphatic heterocycles. The van der Waals surface area contributed by atoms with Gasteiger partial charge in [0.1, 0.15) is 0 Å². The Morgan fingerprint density at radius 3 is 1.84 bits per heavy atom. The molecule has 0 N–H and O–H groups in total. The van der Waals surface area contributed by atoms with Crippen LogP contribution in [0.4, 0.5) is 0 Å². The lowest BCUT2D eigenvalue weighted by atomic mass is 9.98. The van der Waals surface area contributed by atoms with Crippen LogP contribution in [-0.4, -0.2) is 45.1 Å². The molecule has 7 heteroatoms. The normalized spacial score (nSPS) is 21.4. The minimum atomic E-state index is -3.68. The Bertz CT molecular complexity index is 732. The molecule has 0 radical (unpaired) electrons. The molecule has 138 valence electrons. The Hall–Kier alpha value is -1.89. The smallest absolute Gasteiger partial charge is 0.325 e. The van der Waals surface area contributed by atoms with Crippen LogP contribution in [0.3, 0.4) is 0 Å². The van der Waals surface area contributed by atoms with Gasteiger partial charge in [0.25, 0.3) is 0 Å². The molecular weight excluding hydrogens is 344 g/mol. The maximum atomic E-state index is 12.6. The predicted octanol–water partition coefficient (Wildman–Crippen LogP) is 1.87. The number of benzene rings is 1. The number of esters is 2. The Morgan fingerprint density at radius 2 is 1.48 bits per heavy atom. The van der Waals surface area contributed by atoms with Gasteiger partial charge in [0.2, 0.25) is 0 Å². The second-order valence-corrected chi connectivity index (χ2v) is 8.30. The van der Waals surface area contributed by atoms with Crippen molar-refractivity contribution in [3.8, 4) is 0 Å². The molecule has 1 aromatic rings. The molecule has 0 bridgehead atoms. The average Bonchev–Trinajstić information content (AvgIpc) is 3.27. The molecule has 6 nitrogen and oxygen atoms in total. The molecule has 25 heavy (non-hydrogen) atoms. The lowest BCUT2D eigenvalue weighted by molar-refractivity contribution is -0.164. The van der Waals surface area contributed by atoms with E-state index in [0.29, 0.717) is 5.56 Å². The molecule has 1 saturated carbocycles.